The third-order valence-corrected chi connectivity index (χ3v) is 4.16. The van der Waals surface area contributed by atoms with Crippen molar-refractivity contribution in [2.24, 2.45) is 0 Å². The summed E-state index contributed by atoms with van der Waals surface area (Å²) < 4.78 is 0. The van der Waals surface area contributed by atoms with Crippen LogP contribution in [-0.2, 0) is 0 Å². The standard InChI is InChI=1S/C18H16ClN3O2/c1-10-7-12(17(23)8-11(10)2)15-9-16(22-21-15)18(24)20-14-6-4-3-5-13(14)19/h3-9,23H,1-2H3,(H,20,24)(H,21,22). The second-order valence-electron chi connectivity index (χ2n) is 5.55. The summed E-state index contributed by atoms with van der Waals surface area (Å²) >= 11 is 6.04. The SMILES string of the molecule is Cc1cc(O)c(-c2cc(C(=O)Nc3ccccc3Cl)[nH]n2)cc1C. The number of aromatic hydroxyl groups is 1. The van der Waals surface area contributed by atoms with E-state index in [1.54, 1.807) is 36.4 Å². The highest BCUT2D eigenvalue weighted by molar-refractivity contribution is 6.33. The van der Waals surface area contributed by atoms with E-state index in [2.05, 4.69) is 15.5 Å². The molecule has 0 bridgehead atoms. The van der Waals surface area contributed by atoms with Gasteiger partial charge in [-0.1, -0.05) is 23.7 Å². The van der Waals surface area contributed by atoms with Gasteiger partial charge >= 0.3 is 0 Å². The predicted molar refractivity (Wildman–Crippen MR) is 94.6 cm³/mol. The number of hydrogen-bond donors (Lipinski definition) is 3. The van der Waals surface area contributed by atoms with E-state index in [1.807, 2.05) is 19.9 Å². The van der Waals surface area contributed by atoms with Crippen molar-refractivity contribution in [3.63, 3.8) is 0 Å². The number of nitrogens with one attached hydrogen (secondary N) is 2. The zero-order chi connectivity index (χ0) is 17.3. The molecule has 5 nitrogen and oxygen atoms in total. The third-order valence-electron chi connectivity index (χ3n) is 3.83. The summed E-state index contributed by atoms with van der Waals surface area (Å²) in [5, 5.41) is 20.1. The van der Waals surface area contributed by atoms with Crippen LogP contribution in [0, 0.1) is 13.8 Å². The van der Waals surface area contributed by atoms with E-state index >= 15 is 0 Å². The van der Waals surface area contributed by atoms with Crippen LogP contribution in [0.2, 0.25) is 5.02 Å². The van der Waals surface area contributed by atoms with Gasteiger partial charge in [0.1, 0.15) is 11.4 Å². The molecule has 0 saturated heterocycles. The Morgan fingerprint density at radius 1 is 1.17 bits per heavy atom. The summed E-state index contributed by atoms with van der Waals surface area (Å²) in [6.45, 7) is 3.88. The van der Waals surface area contributed by atoms with Crippen molar-refractivity contribution >= 4 is 23.2 Å². The van der Waals surface area contributed by atoms with Crippen molar-refractivity contribution in [3.05, 3.63) is 64.3 Å². The molecular weight excluding hydrogens is 326 g/mol. The first kappa shape index (κ1) is 16.1. The van der Waals surface area contributed by atoms with Gasteiger partial charge < -0.3 is 10.4 Å². The zero-order valence-electron chi connectivity index (χ0n) is 13.2. The minimum absolute atomic E-state index is 0.127. The molecule has 0 radical (unpaired) electrons. The summed E-state index contributed by atoms with van der Waals surface area (Å²) in [6, 6.07) is 12.1. The fraction of sp³-hybridized carbons (Fsp3) is 0.111. The first-order chi connectivity index (χ1) is 11.5. The molecule has 0 spiro atoms. The van der Waals surface area contributed by atoms with Crippen molar-refractivity contribution < 1.29 is 9.90 Å². The maximum absolute atomic E-state index is 12.3. The molecule has 3 aromatic rings. The molecule has 0 atom stereocenters. The van der Waals surface area contributed by atoms with Gasteiger partial charge in [-0.15, -0.1) is 0 Å². The summed E-state index contributed by atoms with van der Waals surface area (Å²) in [5.41, 5.74) is 3.90. The molecule has 3 rings (SSSR count). The highest BCUT2D eigenvalue weighted by Gasteiger charge is 2.15. The number of amides is 1. The van der Waals surface area contributed by atoms with Crippen molar-refractivity contribution in [1.29, 1.82) is 0 Å². The van der Waals surface area contributed by atoms with Crippen LogP contribution in [0.15, 0.2) is 42.5 Å². The molecule has 2 aromatic carbocycles. The normalized spacial score (nSPS) is 10.6. The van der Waals surface area contributed by atoms with Crippen LogP contribution in [0.5, 0.6) is 5.75 Å². The van der Waals surface area contributed by atoms with Gasteiger partial charge in [-0.05, 0) is 55.3 Å². The van der Waals surface area contributed by atoms with E-state index in [1.165, 1.54) is 0 Å². The fourth-order valence-corrected chi connectivity index (χ4v) is 2.52. The van der Waals surface area contributed by atoms with Gasteiger partial charge in [0.2, 0.25) is 0 Å². The van der Waals surface area contributed by atoms with Crippen LogP contribution in [-0.4, -0.2) is 21.2 Å². The van der Waals surface area contributed by atoms with E-state index < -0.39 is 0 Å². The number of phenols is 1. The Hall–Kier alpha value is -2.79. The molecule has 0 unspecified atom stereocenters. The van der Waals surface area contributed by atoms with Gasteiger partial charge in [0.15, 0.2) is 0 Å². The number of aryl methyl sites for hydroxylation is 2. The summed E-state index contributed by atoms with van der Waals surface area (Å²) in [6.07, 6.45) is 0. The number of nitrogens with zero attached hydrogens (tertiary/aromatic N) is 1. The van der Waals surface area contributed by atoms with Crippen LogP contribution < -0.4 is 5.32 Å². The van der Waals surface area contributed by atoms with E-state index in [9.17, 15) is 9.90 Å². The average molecular weight is 342 g/mol. The maximum atomic E-state index is 12.3. The van der Waals surface area contributed by atoms with Crippen molar-refractivity contribution in [2.45, 2.75) is 13.8 Å². The number of H-pyrrole nitrogens is 1. The Morgan fingerprint density at radius 2 is 1.88 bits per heavy atom. The van der Waals surface area contributed by atoms with Gasteiger partial charge in [0.25, 0.3) is 5.91 Å². The topological polar surface area (TPSA) is 78.0 Å². The molecule has 0 aliphatic carbocycles. The summed E-state index contributed by atoms with van der Waals surface area (Å²) in [4.78, 5) is 12.3. The number of anilines is 1. The van der Waals surface area contributed by atoms with Gasteiger partial charge in [0.05, 0.1) is 16.4 Å². The number of rotatable bonds is 3. The Kier molecular flexibility index (Phi) is 4.27. The van der Waals surface area contributed by atoms with E-state index in [0.717, 1.165) is 11.1 Å². The monoisotopic (exact) mass is 341 g/mol. The van der Waals surface area contributed by atoms with Crippen molar-refractivity contribution in [3.8, 4) is 17.0 Å². The minimum Gasteiger partial charge on any atom is -0.507 e. The van der Waals surface area contributed by atoms with E-state index in [4.69, 9.17) is 11.6 Å². The lowest BCUT2D eigenvalue weighted by atomic mass is 10.0. The molecule has 0 aliphatic heterocycles. The lowest BCUT2D eigenvalue weighted by molar-refractivity contribution is 0.102. The second-order valence-corrected chi connectivity index (χ2v) is 5.96. The number of hydrogen-bond acceptors (Lipinski definition) is 3. The molecule has 0 saturated carbocycles. The highest BCUT2D eigenvalue weighted by Crippen LogP contribution is 2.31. The molecule has 0 aliphatic rings. The summed E-state index contributed by atoms with van der Waals surface area (Å²) in [7, 11) is 0. The minimum atomic E-state index is -0.356. The lowest BCUT2D eigenvalue weighted by Gasteiger charge is -2.06. The lowest BCUT2D eigenvalue weighted by Crippen LogP contribution is -2.12. The van der Waals surface area contributed by atoms with Crippen LogP contribution in [0.25, 0.3) is 11.3 Å². The third kappa shape index (κ3) is 3.12. The van der Waals surface area contributed by atoms with Gasteiger partial charge in [-0.2, -0.15) is 5.10 Å². The summed E-state index contributed by atoms with van der Waals surface area (Å²) in [5.74, 6) is -0.229. The highest BCUT2D eigenvalue weighted by atomic mass is 35.5. The van der Waals surface area contributed by atoms with Gasteiger partial charge in [-0.25, -0.2) is 0 Å². The van der Waals surface area contributed by atoms with Crippen LogP contribution >= 0.6 is 11.6 Å². The van der Waals surface area contributed by atoms with Crippen LogP contribution in [0.3, 0.4) is 0 Å². The van der Waals surface area contributed by atoms with Gasteiger partial charge in [-0.3, -0.25) is 9.89 Å². The van der Waals surface area contributed by atoms with E-state index in [0.29, 0.717) is 22.0 Å². The largest absolute Gasteiger partial charge is 0.507 e. The van der Waals surface area contributed by atoms with Crippen molar-refractivity contribution in [1.82, 2.24) is 10.2 Å². The molecule has 122 valence electrons. The predicted octanol–water partition coefficient (Wildman–Crippen LogP) is 4.30. The average Bonchev–Trinajstić information content (AvgIpc) is 3.03. The molecule has 1 aromatic heterocycles. The zero-order valence-corrected chi connectivity index (χ0v) is 14.0. The first-order valence-corrected chi connectivity index (χ1v) is 7.75. The first-order valence-electron chi connectivity index (χ1n) is 7.37. The number of phenolic OH excluding ortho intramolecular Hbond substituents is 1. The molecule has 3 N–H and O–H groups in total. The van der Waals surface area contributed by atoms with E-state index in [-0.39, 0.29) is 17.4 Å². The van der Waals surface area contributed by atoms with Gasteiger partial charge in [0, 0.05) is 5.56 Å². The number of aromatic nitrogens is 2. The number of carbonyl (C=O) groups is 1. The molecular formula is C18H16ClN3O2. The maximum Gasteiger partial charge on any atom is 0.273 e. The number of benzene rings is 2. The Morgan fingerprint density at radius 3 is 2.62 bits per heavy atom. The Bertz CT molecular complexity index is 918. The Balaban J connectivity index is 1.87. The number of para-hydroxylation sites is 1. The smallest absolute Gasteiger partial charge is 0.273 e. The Labute approximate surface area is 144 Å². The second kappa shape index (κ2) is 6.37. The number of carbonyl (C=O) groups excluding carboxylic acids is 1. The fourth-order valence-electron chi connectivity index (χ4n) is 2.33. The van der Waals surface area contributed by atoms with Crippen molar-refractivity contribution in [2.75, 3.05) is 5.32 Å². The number of halogens is 1. The quantitative estimate of drug-likeness (QED) is 0.664. The van der Waals surface area contributed by atoms with Crippen LogP contribution in [0.1, 0.15) is 21.6 Å². The molecule has 0 fully saturated rings. The molecule has 1 heterocycles. The molecule has 1 amide bonds. The molecule has 24 heavy (non-hydrogen) atoms. The van der Waals surface area contributed by atoms with Crippen LogP contribution in [0.4, 0.5) is 5.69 Å². The number of aromatic amines is 1. The molecule has 6 heteroatoms.